The predicted molar refractivity (Wildman–Crippen MR) is 123 cm³/mol. The summed E-state index contributed by atoms with van der Waals surface area (Å²) in [4.78, 5) is 15.9. The van der Waals surface area contributed by atoms with Crippen LogP contribution in [-0.4, -0.2) is 58.2 Å². The highest BCUT2D eigenvalue weighted by atomic mass is 16.6. The molecule has 33 heavy (non-hydrogen) atoms. The SMILES string of the molecule is CCC1N(O)c2ccc3cc2[N+]1(O)N3C1(C(=O)c2ccc(OC)cc2)C=CN(CCO)C=C1. The van der Waals surface area contributed by atoms with E-state index in [4.69, 9.17) is 4.74 Å². The maximum atomic E-state index is 14.1. The van der Waals surface area contributed by atoms with E-state index >= 15 is 0 Å². The summed E-state index contributed by atoms with van der Waals surface area (Å²) in [6, 6.07) is 12.2. The molecule has 2 aromatic carbocycles. The average molecular weight is 452 g/mol. The van der Waals surface area contributed by atoms with Crippen molar-refractivity contribution in [1.82, 2.24) is 9.66 Å². The van der Waals surface area contributed by atoms with Crippen LogP contribution >= 0.6 is 0 Å². The summed E-state index contributed by atoms with van der Waals surface area (Å²) >= 11 is 0. The molecule has 3 heterocycles. The monoisotopic (exact) mass is 451 g/mol. The van der Waals surface area contributed by atoms with E-state index in [0.717, 1.165) is 5.06 Å². The van der Waals surface area contributed by atoms with Crippen molar-refractivity contribution in [2.24, 2.45) is 0 Å². The van der Waals surface area contributed by atoms with Crippen molar-refractivity contribution in [2.45, 2.75) is 25.0 Å². The number of rotatable bonds is 7. The van der Waals surface area contributed by atoms with Crippen LogP contribution in [-0.2, 0) is 0 Å². The molecule has 0 saturated carbocycles. The molecule has 3 aliphatic rings. The Bertz CT molecular complexity index is 1130. The molecule has 2 unspecified atom stereocenters. The van der Waals surface area contributed by atoms with Crippen molar-refractivity contribution in [1.29, 1.82) is 0 Å². The quantitative estimate of drug-likeness (QED) is 0.437. The molecule has 5 rings (SSSR count). The number of carbonyl (C=O) groups is 1. The van der Waals surface area contributed by atoms with E-state index < -0.39 is 16.5 Å². The lowest BCUT2D eigenvalue weighted by Crippen LogP contribution is -2.73. The van der Waals surface area contributed by atoms with Gasteiger partial charge in [-0.3, -0.25) is 10.0 Å². The van der Waals surface area contributed by atoms with E-state index in [9.17, 15) is 20.3 Å². The highest BCUT2D eigenvalue weighted by Gasteiger charge is 2.66. The number of hydrogen-bond donors (Lipinski definition) is 3. The first-order valence-electron chi connectivity index (χ1n) is 10.9. The molecule has 0 spiro atoms. The Morgan fingerprint density at radius 3 is 2.45 bits per heavy atom. The van der Waals surface area contributed by atoms with Gasteiger partial charge in [0.25, 0.3) is 0 Å². The zero-order chi connectivity index (χ0) is 23.4. The van der Waals surface area contributed by atoms with Gasteiger partial charge in [0, 0.05) is 37.0 Å². The van der Waals surface area contributed by atoms with E-state index in [-0.39, 0.29) is 12.4 Å². The summed E-state index contributed by atoms with van der Waals surface area (Å²) in [5, 5.41) is 34.9. The molecule has 172 valence electrons. The molecular weight excluding hydrogens is 424 g/mol. The summed E-state index contributed by atoms with van der Waals surface area (Å²) in [5.74, 6) is 0.386. The lowest BCUT2D eigenvalue weighted by atomic mass is 9.86. The fourth-order valence-corrected chi connectivity index (χ4v) is 5.04. The van der Waals surface area contributed by atoms with Crippen LogP contribution in [0.2, 0.25) is 0 Å². The molecule has 2 bridgehead atoms. The largest absolute Gasteiger partial charge is 0.497 e. The van der Waals surface area contributed by atoms with Crippen molar-refractivity contribution in [2.75, 3.05) is 30.3 Å². The predicted octanol–water partition coefficient (Wildman–Crippen LogP) is 3.03. The second kappa shape index (κ2) is 7.60. The molecule has 0 aliphatic carbocycles. The van der Waals surface area contributed by atoms with Gasteiger partial charge >= 0.3 is 0 Å². The Morgan fingerprint density at radius 2 is 1.85 bits per heavy atom. The standard InChI is InChI=1S/C24H27N4O5/c1-3-22-26(31)20-9-6-18-16-21(20)28(22,32)27(18)24(10-12-25(13-11-24)14-15-29)23(30)17-4-7-19(33-2)8-5-17/h4-13,16,22,29,31-32H,3,14-15H2,1-2H3/q+1. The topological polar surface area (TPSA) is 96.7 Å². The van der Waals surface area contributed by atoms with Crippen LogP contribution in [0.1, 0.15) is 23.7 Å². The Labute approximate surface area is 191 Å². The summed E-state index contributed by atoms with van der Waals surface area (Å²) in [6.45, 7) is 2.21. The number of aliphatic hydroxyl groups is 1. The molecule has 0 radical (unpaired) electrons. The van der Waals surface area contributed by atoms with Crippen LogP contribution in [0.15, 0.2) is 67.0 Å². The fraction of sp³-hybridized carbons (Fsp3) is 0.292. The average Bonchev–Trinajstić information content (AvgIpc) is 3.19. The molecule has 2 aromatic rings. The van der Waals surface area contributed by atoms with Gasteiger partial charge in [-0.15, -0.1) is 0 Å². The van der Waals surface area contributed by atoms with E-state index in [1.54, 1.807) is 84.0 Å². The summed E-state index contributed by atoms with van der Waals surface area (Å²) in [6.07, 6.45) is 6.65. The first-order valence-corrected chi connectivity index (χ1v) is 10.9. The number of ketones is 1. The molecule has 0 saturated heterocycles. The van der Waals surface area contributed by atoms with Gasteiger partial charge in [0.2, 0.25) is 17.6 Å². The third-order valence-corrected chi connectivity index (χ3v) is 6.64. The molecule has 3 N–H and O–H groups in total. The summed E-state index contributed by atoms with van der Waals surface area (Å²) < 4.78 is 4.50. The number of benzene rings is 2. The lowest BCUT2D eigenvalue weighted by molar-refractivity contribution is -0.133. The van der Waals surface area contributed by atoms with Crippen LogP contribution in [0.25, 0.3) is 0 Å². The van der Waals surface area contributed by atoms with Crippen molar-refractivity contribution in [3.8, 4) is 5.75 Å². The minimum absolute atomic E-state index is 0.0423. The van der Waals surface area contributed by atoms with Gasteiger partial charge in [-0.25, -0.2) is 0 Å². The number of quaternary nitrogens is 1. The Kier molecular flexibility index (Phi) is 4.95. The van der Waals surface area contributed by atoms with Gasteiger partial charge in [-0.1, -0.05) is 6.92 Å². The zero-order valence-corrected chi connectivity index (χ0v) is 18.5. The lowest BCUT2D eigenvalue weighted by Gasteiger charge is -2.46. The number of ether oxygens (including phenoxy) is 1. The van der Waals surface area contributed by atoms with Crippen LogP contribution in [0, 0.1) is 0 Å². The van der Waals surface area contributed by atoms with Gasteiger partial charge in [0.05, 0.1) is 13.7 Å². The molecule has 2 atom stereocenters. The zero-order valence-electron chi connectivity index (χ0n) is 18.5. The Morgan fingerprint density at radius 1 is 1.15 bits per heavy atom. The normalized spacial score (nSPS) is 24.0. The van der Waals surface area contributed by atoms with Crippen molar-refractivity contribution in [3.63, 3.8) is 0 Å². The van der Waals surface area contributed by atoms with Gasteiger partial charge in [-0.05, 0) is 53.3 Å². The molecule has 3 aliphatic heterocycles. The van der Waals surface area contributed by atoms with E-state index in [1.165, 1.54) is 0 Å². The van der Waals surface area contributed by atoms with Gasteiger partial charge in [0.15, 0.2) is 5.54 Å². The van der Waals surface area contributed by atoms with Crippen LogP contribution < -0.4 is 19.6 Å². The molecule has 0 aromatic heterocycles. The van der Waals surface area contributed by atoms with Crippen molar-refractivity contribution < 1.29 is 25.1 Å². The first kappa shape index (κ1) is 21.5. The molecule has 9 heteroatoms. The van der Waals surface area contributed by atoms with Crippen LogP contribution in [0.3, 0.4) is 0 Å². The highest BCUT2D eigenvalue weighted by molar-refractivity contribution is 6.09. The molecule has 9 nitrogen and oxygen atoms in total. The highest BCUT2D eigenvalue weighted by Crippen LogP contribution is 2.55. The second-order valence-electron chi connectivity index (χ2n) is 8.34. The van der Waals surface area contributed by atoms with Crippen molar-refractivity contribution in [3.05, 3.63) is 72.6 Å². The number of aliphatic hydroxyl groups excluding tert-OH is 1. The van der Waals surface area contributed by atoms with Crippen LogP contribution in [0.4, 0.5) is 17.1 Å². The summed E-state index contributed by atoms with van der Waals surface area (Å²) in [7, 11) is 1.56. The number of methoxy groups -OCH3 is 1. The number of β-amino-alcohol motifs (C(OH)–C–C–N with tert-alkyl or cyclic N) is 1. The maximum absolute atomic E-state index is 14.1. The third kappa shape index (κ3) is 2.83. The number of anilines is 2. The third-order valence-electron chi connectivity index (χ3n) is 6.64. The smallest absolute Gasteiger partial charge is 0.246 e. The van der Waals surface area contributed by atoms with E-state index in [0.29, 0.717) is 41.3 Å². The van der Waals surface area contributed by atoms with Crippen LogP contribution in [0.5, 0.6) is 5.75 Å². The van der Waals surface area contributed by atoms with Gasteiger partial charge in [-0.2, -0.15) is 15.3 Å². The van der Waals surface area contributed by atoms with Gasteiger partial charge in [0.1, 0.15) is 17.1 Å². The number of hydrogen-bond acceptors (Lipinski definition) is 8. The number of carbonyl (C=O) groups excluding carboxylic acids is 1. The minimum Gasteiger partial charge on any atom is -0.497 e. The maximum Gasteiger partial charge on any atom is 0.246 e. The summed E-state index contributed by atoms with van der Waals surface area (Å²) in [5.41, 5.74) is 0.744. The minimum atomic E-state index is -1.39. The van der Waals surface area contributed by atoms with Gasteiger partial charge < -0.3 is 14.7 Å². The first-order chi connectivity index (χ1) is 15.9. The second-order valence-corrected chi connectivity index (χ2v) is 8.34. The Hall–Kier alpha value is -3.37. The number of fused-ring (bicyclic) bond motifs is 1. The molecule has 0 amide bonds. The van der Waals surface area contributed by atoms with E-state index in [2.05, 4.69) is 0 Å². The van der Waals surface area contributed by atoms with E-state index in [1.807, 2.05) is 6.92 Å². The fourth-order valence-electron chi connectivity index (χ4n) is 5.04. The number of hydroxylamine groups is 2. The number of nitrogens with zero attached hydrogens (tertiary/aromatic N) is 4. The van der Waals surface area contributed by atoms with Crippen molar-refractivity contribution >= 4 is 22.8 Å². The Balaban J connectivity index is 1.67. The molecular formula is C24H27N4O5+. The molecule has 0 fully saturated rings. The number of Topliss-reactive ketones (excluding diaryl/α,β-unsaturated/α-hetero) is 1.